The Morgan fingerprint density at radius 3 is 2.23 bits per heavy atom. The minimum atomic E-state index is -0.967. The lowest BCUT2D eigenvalue weighted by molar-refractivity contribution is -0.189. The normalized spacial score (nSPS) is 38.8. The molecule has 4 heterocycles. The third kappa shape index (κ3) is 2.07. The zero-order chi connectivity index (χ0) is 15.3. The summed E-state index contributed by atoms with van der Waals surface area (Å²) >= 11 is 0. The maximum Gasteiger partial charge on any atom is 0.310 e. The second kappa shape index (κ2) is 5.04. The number of likely N-dealkylation sites (tertiary alicyclic amines) is 1. The Kier molecular flexibility index (Phi) is 3.25. The van der Waals surface area contributed by atoms with Gasteiger partial charge in [0.25, 0.3) is 0 Å². The molecule has 1 spiro atoms. The van der Waals surface area contributed by atoms with E-state index in [1.54, 1.807) is 17.1 Å². The number of carboxylic acids is 1. The molecular weight excluding hydrogens is 290 g/mol. The van der Waals surface area contributed by atoms with Crippen molar-refractivity contribution < 1.29 is 28.9 Å². The van der Waals surface area contributed by atoms with E-state index >= 15 is 0 Å². The van der Waals surface area contributed by atoms with Gasteiger partial charge in [-0.25, -0.2) is 0 Å². The summed E-state index contributed by atoms with van der Waals surface area (Å²) in [6.07, 6.45) is 3.93. The molecule has 0 aromatic carbocycles. The molecule has 0 aromatic rings. The van der Waals surface area contributed by atoms with Gasteiger partial charge < -0.3 is 24.2 Å². The van der Waals surface area contributed by atoms with E-state index in [-0.39, 0.29) is 5.91 Å². The van der Waals surface area contributed by atoms with Gasteiger partial charge in [0.15, 0.2) is 5.79 Å². The first-order valence-electron chi connectivity index (χ1n) is 7.73. The zero-order valence-corrected chi connectivity index (χ0v) is 12.1. The van der Waals surface area contributed by atoms with E-state index in [9.17, 15) is 14.7 Å². The number of piperidine rings is 1. The van der Waals surface area contributed by atoms with E-state index in [0.29, 0.717) is 39.1 Å². The van der Waals surface area contributed by atoms with Gasteiger partial charge in [-0.3, -0.25) is 9.59 Å². The van der Waals surface area contributed by atoms with Crippen LogP contribution in [-0.4, -0.2) is 66.2 Å². The summed E-state index contributed by atoms with van der Waals surface area (Å²) in [5, 5.41) is 9.40. The molecule has 0 saturated carbocycles. The second-order valence-corrected chi connectivity index (χ2v) is 6.27. The highest BCUT2D eigenvalue weighted by Crippen LogP contribution is 2.41. The molecule has 0 unspecified atom stereocenters. The number of rotatable bonds is 2. The summed E-state index contributed by atoms with van der Waals surface area (Å²) in [6.45, 7) is 2.26. The maximum atomic E-state index is 12.8. The zero-order valence-electron chi connectivity index (χ0n) is 12.1. The maximum absolute atomic E-state index is 12.8. The topological polar surface area (TPSA) is 85.3 Å². The number of carboxylic acid groups (broad SMARTS) is 1. The van der Waals surface area contributed by atoms with E-state index in [1.807, 2.05) is 0 Å². The van der Waals surface area contributed by atoms with Crippen LogP contribution in [0.2, 0.25) is 0 Å². The van der Waals surface area contributed by atoms with Gasteiger partial charge in [-0.1, -0.05) is 12.2 Å². The highest BCUT2D eigenvalue weighted by atomic mass is 16.7. The van der Waals surface area contributed by atoms with Gasteiger partial charge in [0.05, 0.1) is 31.3 Å². The molecule has 1 N–H and O–H groups in total. The first kappa shape index (κ1) is 14.2. The monoisotopic (exact) mass is 309 g/mol. The average molecular weight is 309 g/mol. The highest BCUT2D eigenvalue weighted by molar-refractivity contribution is 5.87. The standard InChI is InChI=1S/C15H19NO6/c17-13(11-9-1-2-10(22-9)12(11)14(18)19)16-5-3-15(4-6-16)20-7-8-21-15/h1-2,9-12H,3-8H2,(H,18,19)/t9-,10-,11+,12-/m1/s1. The van der Waals surface area contributed by atoms with Crippen molar-refractivity contribution in [2.75, 3.05) is 26.3 Å². The molecule has 2 bridgehead atoms. The molecule has 22 heavy (non-hydrogen) atoms. The number of ether oxygens (including phenoxy) is 3. The largest absolute Gasteiger partial charge is 0.481 e. The van der Waals surface area contributed by atoms with E-state index in [1.165, 1.54) is 0 Å². The van der Waals surface area contributed by atoms with Crippen LogP contribution in [-0.2, 0) is 23.8 Å². The molecule has 3 saturated heterocycles. The predicted molar refractivity (Wildman–Crippen MR) is 72.9 cm³/mol. The van der Waals surface area contributed by atoms with Crippen LogP contribution in [0.4, 0.5) is 0 Å². The summed E-state index contributed by atoms with van der Waals surface area (Å²) < 4.78 is 16.9. The second-order valence-electron chi connectivity index (χ2n) is 6.27. The van der Waals surface area contributed by atoms with Gasteiger partial charge in [-0.05, 0) is 0 Å². The van der Waals surface area contributed by atoms with Crippen molar-refractivity contribution in [1.29, 1.82) is 0 Å². The lowest BCUT2D eigenvalue weighted by Gasteiger charge is -2.39. The fraction of sp³-hybridized carbons (Fsp3) is 0.733. The summed E-state index contributed by atoms with van der Waals surface area (Å²) in [5.41, 5.74) is 0. The molecule has 120 valence electrons. The van der Waals surface area contributed by atoms with Crippen LogP contribution >= 0.6 is 0 Å². The Morgan fingerprint density at radius 1 is 1.05 bits per heavy atom. The molecule has 0 aromatic heterocycles. The van der Waals surface area contributed by atoms with Crippen molar-refractivity contribution in [3.8, 4) is 0 Å². The van der Waals surface area contributed by atoms with Crippen LogP contribution in [0.25, 0.3) is 0 Å². The highest BCUT2D eigenvalue weighted by Gasteiger charge is 2.54. The first-order chi connectivity index (χ1) is 10.6. The summed E-state index contributed by atoms with van der Waals surface area (Å²) in [6, 6.07) is 0. The SMILES string of the molecule is O=C(O)[C@H]1[C@@H](C(=O)N2CCC3(CC2)OCCO3)[C@H]2C=C[C@H]1O2. The number of aliphatic carboxylic acids is 1. The Hall–Kier alpha value is -1.44. The summed E-state index contributed by atoms with van der Waals surface area (Å²) in [5.74, 6) is -3.03. The Labute approximate surface area is 127 Å². The summed E-state index contributed by atoms with van der Waals surface area (Å²) in [4.78, 5) is 26.0. The molecule has 0 aliphatic carbocycles. The van der Waals surface area contributed by atoms with Crippen molar-refractivity contribution in [1.82, 2.24) is 4.90 Å². The molecule has 7 heteroatoms. The third-order valence-corrected chi connectivity index (χ3v) is 5.12. The molecule has 1 amide bonds. The van der Waals surface area contributed by atoms with Crippen LogP contribution in [0.15, 0.2) is 12.2 Å². The molecule has 7 nitrogen and oxygen atoms in total. The van der Waals surface area contributed by atoms with Gasteiger partial charge in [-0.2, -0.15) is 0 Å². The minimum Gasteiger partial charge on any atom is -0.481 e. The number of hydrogen-bond donors (Lipinski definition) is 1. The quantitative estimate of drug-likeness (QED) is 0.723. The van der Waals surface area contributed by atoms with Gasteiger partial charge in [-0.15, -0.1) is 0 Å². The molecule has 4 aliphatic heterocycles. The molecule has 4 rings (SSSR count). The fourth-order valence-corrected chi connectivity index (χ4v) is 3.96. The van der Waals surface area contributed by atoms with Crippen molar-refractivity contribution in [3.05, 3.63) is 12.2 Å². The molecule has 0 radical (unpaired) electrons. The lowest BCUT2D eigenvalue weighted by atomic mass is 9.81. The predicted octanol–water partition coefficient (Wildman–Crippen LogP) is 0.00610. The Bertz CT molecular complexity index is 516. The van der Waals surface area contributed by atoms with Crippen LogP contribution in [0.3, 0.4) is 0 Å². The molecular formula is C15H19NO6. The van der Waals surface area contributed by atoms with E-state index in [2.05, 4.69) is 0 Å². The number of nitrogens with zero attached hydrogens (tertiary/aromatic N) is 1. The number of hydrogen-bond acceptors (Lipinski definition) is 5. The molecule has 3 fully saturated rings. The van der Waals surface area contributed by atoms with E-state index in [0.717, 1.165) is 0 Å². The van der Waals surface area contributed by atoms with E-state index < -0.39 is 35.8 Å². The van der Waals surface area contributed by atoms with Gasteiger partial charge in [0, 0.05) is 25.9 Å². The van der Waals surface area contributed by atoms with Crippen molar-refractivity contribution >= 4 is 11.9 Å². The van der Waals surface area contributed by atoms with Crippen LogP contribution in [0.5, 0.6) is 0 Å². The van der Waals surface area contributed by atoms with E-state index in [4.69, 9.17) is 14.2 Å². The van der Waals surface area contributed by atoms with Crippen molar-refractivity contribution in [3.63, 3.8) is 0 Å². The third-order valence-electron chi connectivity index (χ3n) is 5.12. The minimum absolute atomic E-state index is 0.128. The van der Waals surface area contributed by atoms with Crippen molar-refractivity contribution in [2.24, 2.45) is 11.8 Å². The first-order valence-corrected chi connectivity index (χ1v) is 7.73. The number of carbonyl (C=O) groups excluding carboxylic acids is 1. The number of amides is 1. The Balaban J connectivity index is 1.46. The van der Waals surface area contributed by atoms with Crippen LogP contribution in [0.1, 0.15) is 12.8 Å². The molecule has 4 aliphatic rings. The Morgan fingerprint density at radius 2 is 1.64 bits per heavy atom. The lowest BCUT2D eigenvalue weighted by Crippen LogP contribution is -2.51. The smallest absolute Gasteiger partial charge is 0.310 e. The van der Waals surface area contributed by atoms with Crippen molar-refractivity contribution in [2.45, 2.75) is 30.8 Å². The van der Waals surface area contributed by atoms with Crippen LogP contribution < -0.4 is 0 Å². The molecule has 4 atom stereocenters. The summed E-state index contributed by atoms with van der Waals surface area (Å²) in [7, 11) is 0. The number of carbonyl (C=O) groups is 2. The van der Waals surface area contributed by atoms with Crippen LogP contribution in [0, 0.1) is 11.8 Å². The number of fused-ring (bicyclic) bond motifs is 2. The van der Waals surface area contributed by atoms with Gasteiger partial charge in [0.2, 0.25) is 5.91 Å². The van der Waals surface area contributed by atoms with Gasteiger partial charge >= 0.3 is 5.97 Å². The average Bonchev–Trinajstić information content (AvgIpc) is 3.22. The fourth-order valence-electron chi connectivity index (χ4n) is 3.96. The van der Waals surface area contributed by atoms with Gasteiger partial charge in [0.1, 0.15) is 5.92 Å².